The van der Waals surface area contributed by atoms with Gasteiger partial charge in [0, 0.05) is 30.5 Å². The summed E-state index contributed by atoms with van der Waals surface area (Å²) in [6.45, 7) is 0.877. The highest BCUT2D eigenvalue weighted by Gasteiger charge is 2.44. The molecule has 214 valence electrons. The van der Waals surface area contributed by atoms with Crippen LogP contribution in [-0.2, 0) is 16.0 Å². The number of halogens is 2. The van der Waals surface area contributed by atoms with Crippen molar-refractivity contribution < 1.29 is 27.8 Å². The molecule has 1 saturated heterocycles. The van der Waals surface area contributed by atoms with Crippen molar-refractivity contribution in [2.75, 3.05) is 27.3 Å². The second kappa shape index (κ2) is 11.9. The predicted octanol–water partition coefficient (Wildman–Crippen LogP) is 3.90. The molecule has 2 aromatic carbocycles. The van der Waals surface area contributed by atoms with Gasteiger partial charge in [0.1, 0.15) is 0 Å². The second-order valence-corrected chi connectivity index (χ2v) is 10.9. The van der Waals surface area contributed by atoms with E-state index >= 15 is 0 Å². The first kappa shape index (κ1) is 28.0. The molecule has 3 aliphatic rings. The van der Waals surface area contributed by atoms with Crippen molar-refractivity contribution in [2.45, 2.75) is 57.0 Å². The molecule has 3 atom stereocenters. The summed E-state index contributed by atoms with van der Waals surface area (Å²) >= 11 is 0. The molecule has 10 heteroatoms. The van der Waals surface area contributed by atoms with Gasteiger partial charge >= 0.3 is 0 Å². The Kier molecular flexibility index (Phi) is 8.35. The van der Waals surface area contributed by atoms with Crippen molar-refractivity contribution in [1.82, 2.24) is 9.91 Å². The molecule has 0 bridgehead atoms. The molecule has 40 heavy (non-hydrogen) atoms. The molecule has 5 rings (SSSR count). The van der Waals surface area contributed by atoms with Gasteiger partial charge in [0.15, 0.2) is 23.1 Å². The van der Waals surface area contributed by atoms with Crippen LogP contribution >= 0.6 is 0 Å². The minimum absolute atomic E-state index is 0.0616. The zero-order valence-corrected chi connectivity index (χ0v) is 22.9. The Morgan fingerprint density at radius 2 is 1.68 bits per heavy atom. The van der Waals surface area contributed by atoms with E-state index in [2.05, 4.69) is 0 Å². The summed E-state index contributed by atoms with van der Waals surface area (Å²) in [6, 6.07) is 8.31. The molecule has 8 nitrogen and oxygen atoms in total. The molecule has 2 N–H and O–H groups in total. The van der Waals surface area contributed by atoms with Crippen molar-refractivity contribution in [1.29, 1.82) is 0 Å². The van der Waals surface area contributed by atoms with Crippen LogP contribution in [0.25, 0.3) is 0 Å². The van der Waals surface area contributed by atoms with Gasteiger partial charge in [-0.2, -0.15) is 5.10 Å². The molecule has 2 aromatic rings. The molecular weight excluding hydrogens is 518 g/mol. The Bertz CT molecular complexity index is 1290. The maximum absolute atomic E-state index is 13.7. The highest BCUT2D eigenvalue weighted by atomic mass is 19.2. The van der Waals surface area contributed by atoms with E-state index in [9.17, 15) is 18.4 Å². The summed E-state index contributed by atoms with van der Waals surface area (Å²) in [7, 11) is 3.20. The number of nitrogens with zero attached hydrogens (tertiary/aromatic N) is 3. The second-order valence-electron chi connectivity index (χ2n) is 10.9. The molecule has 0 radical (unpaired) electrons. The van der Waals surface area contributed by atoms with Crippen molar-refractivity contribution >= 4 is 17.5 Å². The van der Waals surface area contributed by atoms with Gasteiger partial charge in [-0.1, -0.05) is 18.9 Å². The Hall–Kier alpha value is -3.53. The van der Waals surface area contributed by atoms with Crippen molar-refractivity contribution in [3.8, 4) is 11.5 Å². The summed E-state index contributed by atoms with van der Waals surface area (Å²) < 4.78 is 37.8. The molecule has 0 unspecified atom stereocenters. The highest BCUT2D eigenvalue weighted by molar-refractivity contribution is 6.07. The number of piperidine rings is 1. The zero-order chi connectivity index (χ0) is 28.4. The number of carbonyl (C=O) groups excluding carboxylic acids is 2. The van der Waals surface area contributed by atoms with Gasteiger partial charge in [-0.05, 0) is 68.0 Å². The highest BCUT2D eigenvalue weighted by Crippen LogP contribution is 2.40. The standard InChI is InChI=1S/C30H36F2N4O4/c1-39-26-10-8-19(17-27(26)40-2)28-21-5-3-4-6-22(21)29(37)36(34-28)20-11-13-35(14-12-20)30(38)25(33)16-18-7-9-23(31)24(32)15-18/h7-10,15,17,20-22,25H,3-6,11-14,16,33H2,1-2H3/t21-,22+,25+/m0/s1. The molecule has 2 aliphatic heterocycles. The van der Waals surface area contributed by atoms with Crippen molar-refractivity contribution in [2.24, 2.45) is 22.7 Å². The van der Waals surface area contributed by atoms with Gasteiger partial charge in [-0.25, -0.2) is 13.8 Å². The Morgan fingerprint density at radius 3 is 2.35 bits per heavy atom. The molecule has 1 aliphatic carbocycles. The SMILES string of the molecule is COc1ccc(C2=NN(C3CCN(C(=O)[C@H](N)Cc4ccc(F)c(F)c4)CC3)C(=O)[C@@H]3CCCC[C@H]23)cc1OC. The minimum Gasteiger partial charge on any atom is -0.493 e. The molecule has 0 spiro atoms. The van der Waals surface area contributed by atoms with E-state index in [4.69, 9.17) is 20.3 Å². The quantitative estimate of drug-likeness (QED) is 0.560. The molecule has 0 aromatic heterocycles. The van der Waals surface area contributed by atoms with E-state index in [1.807, 2.05) is 18.2 Å². The number of likely N-dealkylation sites (tertiary alicyclic amines) is 1. The number of benzene rings is 2. The Labute approximate surface area is 233 Å². The first-order chi connectivity index (χ1) is 19.3. The topological polar surface area (TPSA) is 97.5 Å². The fourth-order valence-electron chi connectivity index (χ4n) is 6.27. The third kappa shape index (κ3) is 5.54. The first-order valence-electron chi connectivity index (χ1n) is 13.9. The lowest BCUT2D eigenvalue weighted by molar-refractivity contribution is -0.143. The predicted molar refractivity (Wildman–Crippen MR) is 146 cm³/mol. The molecular formula is C30H36F2N4O4. The Balaban J connectivity index is 1.30. The largest absolute Gasteiger partial charge is 0.493 e. The van der Waals surface area contributed by atoms with E-state index in [-0.39, 0.29) is 36.1 Å². The van der Waals surface area contributed by atoms with Gasteiger partial charge in [0.25, 0.3) is 0 Å². The van der Waals surface area contributed by atoms with Gasteiger partial charge in [0.05, 0.1) is 32.0 Å². The number of carbonyl (C=O) groups is 2. The van der Waals surface area contributed by atoms with Crippen LogP contribution in [0.2, 0.25) is 0 Å². The lowest BCUT2D eigenvalue weighted by atomic mass is 9.73. The average molecular weight is 555 g/mol. The van der Waals surface area contributed by atoms with Gasteiger partial charge < -0.3 is 20.1 Å². The lowest BCUT2D eigenvalue weighted by Gasteiger charge is -2.43. The fraction of sp³-hybridized carbons (Fsp3) is 0.500. The average Bonchev–Trinajstić information content (AvgIpc) is 2.98. The number of hydrogen-bond acceptors (Lipinski definition) is 6. The van der Waals surface area contributed by atoms with Gasteiger partial charge in [-0.3, -0.25) is 9.59 Å². The van der Waals surface area contributed by atoms with Crippen LogP contribution in [0.15, 0.2) is 41.5 Å². The van der Waals surface area contributed by atoms with Gasteiger partial charge in [-0.15, -0.1) is 0 Å². The number of amides is 2. The summed E-state index contributed by atoms with van der Waals surface area (Å²) in [5.74, 6) is -0.874. The van der Waals surface area contributed by atoms with Crippen LogP contribution in [0.4, 0.5) is 8.78 Å². The number of hydrogen-bond donors (Lipinski definition) is 1. The molecule has 2 amide bonds. The number of nitrogens with two attached hydrogens (primary N) is 1. The van der Waals surface area contributed by atoms with E-state index in [0.717, 1.165) is 49.1 Å². The first-order valence-corrected chi connectivity index (χ1v) is 13.9. The van der Waals surface area contributed by atoms with Gasteiger partial charge in [0.2, 0.25) is 11.8 Å². The summed E-state index contributed by atoms with van der Waals surface area (Å²) in [5, 5.41) is 6.63. The minimum atomic E-state index is -0.961. The monoisotopic (exact) mass is 554 g/mol. The fourth-order valence-corrected chi connectivity index (χ4v) is 6.27. The van der Waals surface area contributed by atoms with Crippen LogP contribution in [0.1, 0.15) is 49.7 Å². The number of rotatable bonds is 7. The van der Waals surface area contributed by atoms with E-state index in [0.29, 0.717) is 43.0 Å². The zero-order valence-electron chi connectivity index (χ0n) is 22.9. The smallest absolute Gasteiger partial charge is 0.246 e. The third-order valence-electron chi connectivity index (χ3n) is 8.43. The summed E-state index contributed by atoms with van der Waals surface area (Å²) in [5.41, 5.74) is 8.44. The Morgan fingerprint density at radius 1 is 0.975 bits per heavy atom. The molecule has 2 heterocycles. The number of fused-ring (bicyclic) bond motifs is 1. The van der Waals surface area contributed by atoms with E-state index in [1.54, 1.807) is 24.1 Å². The van der Waals surface area contributed by atoms with Crippen molar-refractivity contribution in [3.05, 3.63) is 59.2 Å². The maximum Gasteiger partial charge on any atom is 0.246 e. The summed E-state index contributed by atoms with van der Waals surface area (Å²) in [6.07, 6.45) is 5.10. The third-order valence-corrected chi connectivity index (χ3v) is 8.43. The van der Waals surface area contributed by atoms with E-state index < -0.39 is 17.7 Å². The number of hydrazone groups is 1. The van der Waals surface area contributed by atoms with Crippen LogP contribution in [-0.4, -0.2) is 66.8 Å². The van der Waals surface area contributed by atoms with Crippen molar-refractivity contribution in [3.63, 3.8) is 0 Å². The lowest BCUT2D eigenvalue weighted by Crippen LogP contribution is -2.54. The number of ether oxygens (including phenoxy) is 2. The van der Waals surface area contributed by atoms with Crippen LogP contribution < -0.4 is 15.2 Å². The molecule has 1 saturated carbocycles. The van der Waals surface area contributed by atoms with E-state index in [1.165, 1.54) is 6.07 Å². The summed E-state index contributed by atoms with van der Waals surface area (Å²) in [4.78, 5) is 28.4. The maximum atomic E-state index is 13.7. The van der Waals surface area contributed by atoms with Crippen LogP contribution in [0, 0.1) is 23.5 Å². The molecule has 2 fully saturated rings. The normalized spacial score (nSPS) is 22.4. The van der Waals surface area contributed by atoms with Crippen LogP contribution in [0.3, 0.4) is 0 Å². The van der Waals surface area contributed by atoms with Crippen LogP contribution in [0.5, 0.6) is 11.5 Å². The number of methoxy groups -OCH3 is 2.